The van der Waals surface area contributed by atoms with Crippen molar-refractivity contribution in [1.29, 1.82) is 0 Å². The van der Waals surface area contributed by atoms with Crippen LogP contribution in [0.1, 0.15) is 45.4 Å². The van der Waals surface area contributed by atoms with Crippen molar-refractivity contribution < 1.29 is 14.3 Å². The van der Waals surface area contributed by atoms with Gasteiger partial charge in [-0.3, -0.25) is 0 Å². The second kappa shape index (κ2) is 6.21. The third kappa shape index (κ3) is 3.11. The van der Waals surface area contributed by atoms with Gasteiger partial charge >= 0.3 is 0 Å². The predicted octanol–water partition coefficient (Wildman–Crippen LogP) is 2.46. The largest absolute Gasteiger partial charge is 0.422 e. The highest BCUT2D eigenvalue weighted by Gasteiger charge is 2.44. The average molecular weight is 346 g/mol. The van der Waals surface area contributed by atoms with Gasteiger partial charge in [0.2, 0.25) is 0 Å². The summed E-state index contributed by atoms with van der Waals surface area (Å²) in [5.41, 5.74) is 1.04. The molecule has 4 rings (SSSR count). The van der Waals surface area contributed by atoms with Gasteiger partial charge < -0.3 is 19.2 Å². The number of oxazole rings is 1. The number of nitrogens with zero attached hydrogens (tertiary/aromatic N) is 4. The van der Waals surface area contributed by atoms with Crippen LogP contribution < -0.4 is 4.90 Å². The normalized spacial score (nSPS) is 26.7. The Bertz CT molecular complexity index is 752. The molecule has 2 fully saturated rings. The molecule has 0 aromatic carbocycles. The van der Waals surface area contributed by atoms with E-state index >= 15 is 0 Å². The molecule has 4 heterocycles. The van der Waals surface area contributed by atoms with Crippen LogP contribution in [0.2, 0.25) is 0 Å². The van der Waals surface area contributed by atoms with Crippen molar-refractivity contribution >= 4 is 17.0 Å². The molecule has 2 aliphatic rings. The van der Waals surface area contributed by atoms with Gasteiger partial charge in [-0.1, -0.05) is 13.8 Å². The molecule has 136 valence electrons. The maximum absolute atomic E-state index is 10.3. The Labute approximate surface area is 147 Å². The topological polar surface area (TPSA) is 84.5 Å². The van der Waals surface area contributed by atoms with Crippen LogP contribution in [0.3, 0.4) is 0 Å². The second-order valence-corrected chi connectivity index (χ2v) is 7.75. The van der Waals surface area contributed by atoms with E-state index < -0.39 is 0 Å². The first-order valence-electron chi connectivity index (χ1n) is 9.15. The quantitative estimate of drug-likeness (QED) is 0.894. The van der Waals surface area contributed by atoms with Crippen molar-refractivity contribution in [2.24, 2.45) is 5.92 Å². The van der Waals surface area contributed by atoms with Crippen LogP contribution in [-0.2, 0) is 4.74 Å². The minimum Gasteiger partial charge on any atom is -0.422 e. The first-order valence-corrected chi connectivity index (χ1v) is 9.15. The van der Waals surface area contributed by atoms with Crippen molar-refractivity contribution in [2.45, 2.75) is 64.3 Å². The van der Waals surface area contributed by atoms with Gasteiger partial charge in [0.05, 0.1) is 17.8 Å². The van der Waals surface area contributed by atoms with Crippen LogP contribution in [0.4, 0.5) is 5.82 Å². The minimum absolute atomic E-state index is 0.138. The fraction of sp³-hybridized carbons (Fsp3) is 0.722. The zero-order chi connectivity index (χ0) is 17.6. The SMILES string of the molecule is Cc1nc2c(N3CCC4(CC3)C[C@H](O)C[C@H](C(C)C)O4)ncnc2o1. The highest BCUT2D eigenvalue weighted by Crippen LogP contribution is 2.40. The first kappa shape index (κ1) is 16.7. The summed E-state index contributed by atoms with van der Waals surface area (Å²) >= 11 is 0. The number of anilines is 1. The number of ether oxygens (including phenoxy) is 1. The molecule has 0 bridgehead atoms. The van der Waals surface area contributed by atoms with Gasteiger partial charge in [0, 0.05) is 26.4 Å². The van der Waals surface area contributed by atoms with Crippen LogP contribution in [0.25, 0.3) is 11.2 Å². The minimum atomic E-state index is -0.267. The van der Waals surface area contributed by atoms with E-state index in [4.69, 9.17) is 9.15 Å². The summed E-state index contributed by atoms with van der Waals surface area (Å²) < 4.78 is 12.0. The number of aryl methyl sites for hydroxylation is 1. The Hall–Kier alpha value is -1.73. The number of aromatic nitrogens is 3. The van der Waals surface area contributed by atoms with Crippen molar-refractivity contribution in [3.05, 3.63) is 12.2 Å². The average Bonchev–Trinajstić information content (AvgIpc) is 2.95. The number of hydrogen-bond donors (Lipinski definition) is 1. The molecule has 2 atom stereocenters. The number of fused-ring (bicyclic) bond motifs is 1. The van der Waals surface area contributed by atoms with Gasteiger partial charge in [0.15, 0.2) is 17.2 Å². The molecule has 2 aromatic rings. The summed E-state index contributed by atoms with van der Waals surface area (Å²) in [6.45, 7) is 7.80. The lowest BCUT2D eigenvalue weighted by Gasteiger charge is -2.49. The predicted molar refractivity (Wildman–Crippen MR) is 93.5 cm³/mol. The van der Waals surface area contributed by atoms with Crippen LogP contribution in [0.5, 0.6) is 0 Å². The monoisotopic (exact) mass is 346 g/mol. The third-order valence-corrected chi connectivity index (χ3v) is 5.51. The number of aliphatic hydroxyl groups is 1. The molecule has 0 aliphatic carbocycles. The van der Waals surface area contributed by atoms with E-state index in [0.29, 0.717) is 17.5 Å². The Morgan fingerprint density at radius 2 is 2.04 bits per heavy atom. The molecule has 2 aromatic heterocycles. The molecule has 0 unspecified atom stereocenters. The van der Waals surface area contributed by atoms with Gasteiger partial charge in [-0.25, -0.2) is 9.97 Å². The standard InChI is InChI=1S/C18H26N4O3/c1-11(2)14-8-13(23)9-18(25-14)4-6-22(7-5-18)16-15-17(20-10-19-16)24-12(3)21-15/h10-11,13-14,23H,4-9H2,1-3H3/t13-,14-/m1/s1. The number of piperidine rings is 1. The van der Waals surface area contributed by atoms with E-state index in [2.05, 4.69) is 33.7 Å². The van der Waals surface area contributed by atoms with E-state index in [1.165, 1.54) is 6.33 Å². The highest BCUT2D eigenvalue weighted by molar-refractivity contribution is 5.81. The molecule has 7 heteroatoms. The molecule has 2 aliphatic heterocycles. The maximum Gasteiger partial charge on any atom is 0.252 e. The molecule has 7 nitrogen and oxygen atoms in total. The van der Waals surface area contributed by atoms with Crippen molar-refractivity contribution in [1.82, 2.24) is 15.0 Å². The molecular formula is C18H26N4O3. The number of hydrogen-bond acceptors (Lipinski definition) is 7. The van der Waals surface area contributed by atoms with Crippen molar-refractivity contribution in [3.8, 4) is 0 Å². The van der Waals surface area contributed by atoms with E-state index in [0.717, 1.165) is 50.1 Å². The van der Waals surface area contributed by atoms with Gasteiger partial charge in [-0.15, -0.1) is 0 Å². The van der Waals surface area contributed by atoms with Crippen LogP contribution in [-0.4, -0.2) is 51.0 Å². The number of aliphatic hydroxyl groups excluding tert-OH is 1. The molecule has 25 heavy (non-hydrogen) atoms. The summed E-state index contributed by atoms with van der Waals surface area (Å²) in [7, 11) is 0. The zero-order valence-electron chi connectivity index (χ0n) is 15.1. The Morgan fingerprint density at radius 1 is 1.28 bits per heavy atom. The van der Waals surface area contributed by atoms with Crippen LogP contribution in [0, 0.1) is 12.8 Å². The fourth-order valence-corrected chi connectivity index (χ4v) is 4.13. The molecule has 0 radical (unpaired) electrons. The molecular weight excluding hydrogens is 320 g/mol. The van der Waals surface area contributed by atoms with Gasteiger partial charge in [-0.2, -0.15) is 4.98 Å². The maximum atomic E-state index is 10.3. The van der Waals surface area contributed by atoms with E-state index in [1.54, 1.807) is 0 Å². The zero-order valence-corrected chi connectivity index (χ0v) is 15.1. The molecule has 1 spiro atoms. The van der Waals surface area contributed by atoms with E-state index in [1.807, 2.05) is 6.92 Å². The van der Waals surface area contributed by atoms with Crippen LogP contribution in [0.15, 0.2) is 10.7 Å². The number of rotatable bonds is 2. The van der Waals surface area contributed by atoms with Gasteiger partial charge in [0.1, 0.15) is 6.33 Å². The van der Waals surface area contributed by atoms with E-state index in [-0.39, 0.29) is 17.8 Å². The van der Waals surface area contributed by atoms with E-state index in [9.17, 15) is 5.11 Å². The Balaban J connectivity index is 1.52. The lowest BCUT2D eigenvalue weighted by atomic mass is 9.80. The molecule has 0 amide bonds. The summed E-state index contributed by atoms with van der Waals surface area (Å²) in [5, 5.41) is 10.3. The molecule has 0 saturated carbocycles. The van der Waals surface area contributed by atoms with Gasteiger partial charge in [-0.05, 0) is 25.2 Å². The fourth-order valence-electron chi connectivity index (χ4n) is 4.13. The summed E-state index contributed by atoms with van der Waals surface area (Å²) in [4.78, 5) is 15.3. The second-order valence-electron chi connectivity index (χ2n) is 7.75. The molecule has 2 saturated heterocycles. The Morgan fingerprint density at radius 3 is 2.76 bits per heavy atom. The van der Waals surface area contributed by atoms with Crippen molar-refractivity contribution in [3.63, 3.8) is 0 Å². The smallest absolute Gasteiger partial charge is 0.252 e. The Kier molecular flexibility index (Phi) is 4.16. The summed E-state index contributed by atoms with van der Waals surface area (Å²) in [6, 6.07) is 0. The lowest BCUT2D eigenvalue weighted by Crippen LogP contribution is -2.54. The lowest BCUT2D eigenvalue weighted by molar-refractivity contribution is -0.183. The first-order chi connectivity index (χ1) is 12.0. The van der Waals surface area contributed by atoms with Crippen molar-refractivity contribution in [2.75, 3.05) is 18.0 Å². The summed E-state index contributed by atoms with van der Waals surface area (Å²) in [6.07, 6.45) is 4.64. The van der Waals surface area contributed by atoms with Gasteiger partial charge in [0.25, 0.3) is 5.71 Å². The summed E-state index contributed by atoms with van der Waals surface area (Å²) in [5.74, 6) is 1.85. The third-order valence-electron chi connectivity index (χ3n) is 5.51. The van der Waals surface area contributed by atoms with Crippen LogP contribution >= 0.6 is 0 Å². The molecule has 1 N–H and O–H groups in total. The highest BCUT2D eigenvalue weighted by atomic mass is 16.5.